The van der Waals surface area contributed by atoms with Gasteiger partial charge in [0.2, 0.25) is 11.9 Å². The zero-order chi connectivity index (χ0) is 22.8. The number of anilines is 3. The third kappa shape index (κ3) is 5.13. The monoisotopic (exact) mass is 453 g/mol. The van der Waals surface area contributed by atoms with E-state index in [1.807, 2.05) is 6.07 Å². The highest BCUT2D eigenvalue weighted by atomic mass is 16.5. The smallest absolute Gasteiger partial charge is 0.227 e. The molecule has 9 nitrogen and oxygen atoms in total. The minimum atomic E-state index is -0.291. The number of aromatic nitrogens is 4. The van der Waals surface area contributed by atoms with Crippen molar-refractivity contribution in [1.82, 2.24) is 25.5 Å². The standard InChI is InChI=1S/C24H35N7O2/c1-24(10-13-33-14-11-24)22(32)26-17-5-7-18(8-6-17)31(2)23-25-12-9-20(28-23)27-21-15-19(29-30-21)16-3-4-16/h9,12,15-18H,3-8,10-11,13-14H2,1-2H3,(H,26,32)(H2,25,27,28,29,30). The van der Waals surface area contributed by atoms with Gasteiger partial charge in [0.1, 0.15) is 5.82 Å². The van der Waals surface area contributed by atoms with Crippen LogP contribution >= 0.6 is 0 Å². The lowest BCUT2D eigenvalue weighted by Gasteiger charge is -2.37. The Morgan fingerprint density at radius 3 is 2.64 bits per heavy atom. The predicted molar refractivity (Wildman–Crippen MR) is 127 cm³/mol. The maximum absolute atomic E-state index is 12.8. The SMILES string of the molecule is CN(c1nccc(Nc2cc(C3CC3)[nH]n2)n1)C1CCC(NC(=O)C2(C)CCOCC2)CC1. The van der Waals surface area contributed by atoms with E-state index >= 15 is 0 Å². The number of ether oxygens (including phenoxy) is 1. The van der Waals surface area contributed by atoms with Crippen LogP contribution in [0, 0.1) is 5.41 Å². The summed E-state index contributed by atoms with van der Waals surface area (Å²) in [5.41, 5.74) is 0.902. The van der Waals surface area contributed by atoms with Crippen molar-refractivity contribution >= 4 is 23.5 Å². The Bertz CT molecular complexity index is 959. The molecular formula is C24H35N7O2. The number of carbonyl (C=O) groups excluding carboxylic acids is 1. The maximum atomic E-state index is 12.8. The van der Waals surface area contributed by atoms with Gasteiger partial charge in [-0.15, -0.1) is 0 Å². The first-order valence-electron chi connectivity index (χ1n) is 12.3. The van der Waals surface area contributed by atoms with E-state index in [0.29, 0.717) is 31.1 Å². The zero-order valence-electron chi connectivity index (χ0n) is 19.6. The maximum Gasteiger partial charge on any atom is 0.227 e. The molecule has 0 aromatic carbocycles. The molecule has 0 spiro atoms. The Morgan fingerprint density at radius 2 is 1.91 bits per heavy atom. The molecule has 0 radical (unpaired) electrons. The number of nitrogens with one attached hydrogen (secondary N) is 3. The Balaban J connectivity index is 1.14. The van der Waals surface area contributed by atoms with E-state index < -0.39 is 0 Å². The highest BCUT2D eigenvalue weighted by molar-refractivity contribution is 5.82. The van der Waals surface area contributed by atoms with Gasteiger partial charge in [-0.3, -0.25) is 9.89 Å². The molecule has 178 valence electrons. The predicted octanol–water partition coefficient (Wildman–Crippen LogP) is 3.50. The van der Waals surface area contributed by atoms with Gasteiger partial charge in [0, 0.05) is 56.2 Å². The molecule has 1 aliphatic heterocycles. The summed E-state index contributed by atoms with van der Waals surface area (Å²) in [6.07, 6.45) is 9.84. The van der Waals surface area contributed by atoms with Crippen LogP contribution in [0.1, 0.15) is 69.9 Å². The fourth-order valence-corrected chi connectivity index (χ4v) is 4.90. The molecule has 2 saturated carbocycles. The number of amides is 1. The molecule has 1 amide bonds. The first-order chi connectivity index (χ1) is 16.0. The minimum absolute atomic E-state index is 0.188. The Kier molecular flexibility index (Phi) is 6.23. The van der Waals surface area contributed by atoms with Crippen molar-refractivity contribution in [1.29, 1.82) is 0 Å². The van der Waals surface area contributed by atoms with Crippen molar-refractivity contribution in [3.63, 3.8) is 0 Å². The number of hydrogen-bond donors (Lipinski definition) is 3. The summed E-state index contributed by atoms with van der Waals surface area (Å²) in [5, 5.41) is 14.1. The van der Waals surface area contributed by atoms with Crippen molar-refractivity contribution in [2.24, 2.45) is 5.41 Å². The zero-order valence-corrected chi connectivity index (χ0v) is 19.6. The quantitative estimate of drug-likeness (QED) is 0.589. The summed E-state index contributed by atoms with van der Waals surface area (Å²) in [5.74, 6) is 3.07. The number of H-pyrrole nitrogens is 1. The minimum Gasteiger partial charge on any atom is -0.381 e. The molecule has 2 aromatic rings. The molecule has 0 bridgehead atoms. The van der Waals surface area contributed by atoms with Crippen LogP contribution in [-0.4, -0.2) is 58.4 Å². The summed E-state index contributed by atoms with van der Waals surface area (Å²) in [7, 11) is 2.06. The highest BCUT2D eigenvalue weighted by Crippen LogP contribution is 2.39. The largest absolute Gasteiger partial charge is 0.381 e. The van der Waals surface area contributed by atoms with Crippen LogP contribution < -0.4 is 15.5 Å². The number of rotatable bonds is 7. The van der Waals surface area contributed by atoms with E-state index in [1.54, 1.807) is 6.20 Å². The molecule has 2 aromatic heterocycles. The molecule has 9 heteroatoms. The molecule has 0 unspecified atom stereocenters. The fraction of sp³-hybridized carbons (Fsp3) is 0.667. The summed E-state index contributed by atoms with van der Waals surface area (Å²) in [4.78, 5) is 24.2. The van der Waals surface area contributed by atoms with Crippen LogP contribution in [0.2, 0.25) is 0 Å². The van der Waals surface area contributed by atoms with Gasteiger partial charge < -0.3 is 20.3 Å². The van der Waals surface area contributed by atoms with Gasteiger partial charge in [-0.05, 0) is 57.4 Å². The topological polar surface area (TPSA) is 108 Å². The van der Waals surface area contributed by atoms with Crippen LogP contribution in [0.25, 0.3) is 0 Å². The molecule has 33 heavy (non-hydrogen) atoms. The van der Waals surface area contributed by atoms with Gasteiger partial charge in [-0.2, -0.15) is 10.1 Å². The van der Waals surface area contributed by atoms with Gasteiger partial charge in [0.25, 0.3) is 0 Å². The average Bonchev–Trinajstić information content (AvgIpc) is 3.59. The van der Waals surface area contributed by atoms with Gasteiger partial charge in [-0.25, -0.2) is 4.98 Å². The summed E-state index contributed by atoms with van der Waals surface area (Å²) >= 11 is 0. The summed E-state index contributed by atoms with van der Waals surface area (Å²) in [6, 6.07) is 4.54. The van der Waals surface area contributed by atoms with Gasteiger partial charge in [0.15, 0.2) is 5.82 Å². The first kappa shape index (κ1) is 22.1. The van der Waals surface area contributed by atoms with Crippen LogP contribution in [0.3, 0.4) is 0 Å². The highest BCUT2D eigenvalue weighted by Gasteiger charge is 2.37. The molecular weight excluding hydrogens is 418 g/mol. The lowest BCUT2D eigenvalue weighted by Crippen LogP contribution is -2.49. The Hall–Kier alpha value is -2.68. The number of hydrogen-bond acceptors (Lipinski definition) is 7. The summed E-state index contributed by atoms with van der Waals surface area (Å²) in [6.45, 7) is 3.42. The summed E-state index contributed by atoms with van der Waals surface area (Å²) < 4.78 is 5.44. The molecule has 5 rings (SSSR count). The van der Waals surface area contributed by atoms with Crippen molar-refractivity contribution in [2.45, 2.75) is 76.3 Å². The van der Waals surface area contributed by atoms with Crippen LogP contribution in [0.15, 0.2) is 18.3 Å². The van der Waals surface area contributed by atoms with E-state index in [-0.39, 0.29) is 17.4 Å². The molecule has 0 atom stereocenters. The first-order valence-corrected chi connectivity index (χ1v) is 12.3. The molecule has 3 fully saturated rings. The van der Waals surface area contributed by atoms with Gasteiger partial charge in [-0.1, -0.05) is 6.92 Å². The lowest BCUT2D eigenvalue weighted by atomic mass is 9.80. The van der Waals surface area contributed by atoms with E-state index in [9.17, 15) is 4.79 Å². The number of nitrogens with zero attached hydrogens (tertiary/aromatic N) is 4. The van der Waals surface area contributed by atoms with Crippen LogP contribution in [0.5, 0.6) is 0 Å². The second-order valence-corrected chi connectivity index (χ2v) is 10.1. The lowest BCUT2D eigenvalue weighted by molar-refractivity contribution is -0.136. The third-order valence-corrected chi connectivity index (χ3v) is 7.55. The van der Waals surface area contributed by atoms with Crippen LogP contribution in [-0.2, 0) is 9.53 Å². The molecule has 3 N–H and O–H groups in total. The average molecular weight is 454 g/mol. The molecule has 3 aliphatic rings. The van der Waals surface area contributed by atoms with Gasteiger partial charge in [0.05, 0.1) is 5.41 Å². The Labute approximate surface area is 195 Å². The van der Waals surface area contributed by atoms with E-state index in [1.165, 1.54) is 18.5 Å². The third-order valence-electron chi connectivity index (χ3n) is 7.55. The number of carbonyl (C=O) groups is 1. The second kappa shape index (κ2) is 9.29. The molecule has 3 heterocycles. The Morgan fingerprint density at radius 1 is 1.15 bits per heavy atom. The fourth-order valence-electron chi connectivity index (χ4n) is 4.90. The van der Waals surface area contributed by atoms with Gasteiger partial charge >= 0.3 is 0 Å². The second-order valence-electron chi connectivity index (χ2n) is 10.1. The normalized spacial score (nSPS) is 24.8. The van der Waals surface area contributed by atoms with E-state index in [0.717, 1.165) is 50.2 Å². The molecule has 2 aliphatic carbocycles. The van der Waals surface area contributed by atoms with E-state index in [4.69, 9.17) is 9.72 Å². The van der Waals surface area contributed by atoms with E-state index in [2.05, 4.69) is 50.8 Å². The molecule has 1 saturated heterocycles. The van der Waals surface area contributed by atoms with Crippen molar-refractivity contribution < 1.29 is 9.53 Å². The van der Waals surface area contributed by atoms with Crippen LogP contribution in [0.4, 0.5) is 17.6 Å². The van der Waals surface area contributed by atoms with Crippen molar-refractivity contribution in [3.05, 3.63) is 24.0 Å². The van der Waals surface area contributed by atoms with Crippen molar-refractivity contribution in [3.8, 4) is 0 Å². The number of aromatic amines is 1. The van der Waals surface area contributed by atoms with Crippen molar-refractivity contribution in [2.75, 3.05) is 30.5 Å².